The molecule has 0 aromatic carbocycles. The molecule has 0 aromatic heterocycles. The summed E-state index contributed by atoms with van der Waals surface area (Å²) in [6, 6.07) is 0. The second-order valence-corrected chi connectivity index (χ2v) is 15.5. The maximum atomic E-state index is 12.6. The number of esters is 2. The lowest BCUT2D eigenvalue weighted by molar-refractivity contribution is -0.161. The van der Waals surface area contributed by atoms with Crippen molar-refractivity contribution in [1.29, 1.82) is 0 Å². The van der Waals surface area contributed by atoms with E-state index < -0.39 is 38.6 Å². The van der Waals surface area contributed by atoms with Crippen molar-refractivity contribution in [3.05, 3.63) is 48.6 Å². The molecule has 0 radical (unpaired) electrons. The summed E-state index contributed by atoms with van der Waals surface area (Å²) in [5, 5.41) is 10.1. The molecule has 0 saturated heterocycles. The standard InChI is InChI=1S/C43H78NO9P/c1-3-5-7-9-11-12-13-14-15-16-17-18-19-20-22-26-31-35-43(47)53-41(39-52-54(48,49)51-37-36-44)38-50-42(46)34-30-27-23-25-29-33-40(45)32-28-24-21-10-8-6-4-2/h6,8,14-15,21,24,28,32,40-41,45H,3-5,7,9-13,16-20,22-23,25-27,29-31,33-39,44H2,1-2H3,(H,48,49)/b8-6+,15-14-,24-21+,32-28+/t40?,41-/m1/s1. The summed E-state index contributed by atoms with van der Waals surface area (Å²) < 4.78 is 32.7. The summed E-state index contributed by atoms with van der Waals surface area (Å²) in [6.45, 7) is 3.47. The van der Waals surface area contributed by atoms with Crippen LogP contribution >= 0.6 is 7.82 Å². The van der Waals surface area contributed by atoms with E-state index in [-0.39, 0.29) is 32.6 Å². The van der Waals surface area contributed by atoms with E-state index in [1.807, 2.05) is 12.2 Å². The number of rotatable bonds is 39. The highest BCUT2D eigenvalue weighted by Crippen LogP contribution is 2.43. The lowest BCUT2D eigenvalue weighted by atomic mass is 10.1. The van der Waals surface area contributed by atoms with E-state index >= 15 is 0 Å². The van der Waals surface area contributed by atoms with Crippen LogP contribution in [-0.4, -0.2) is 60.5 Å². The number of carbonyl (C=O) groups is 2. The molecule has 314 valence electrons. The largest absolute Gasteiger partial charge is 0.472 e. The van der Waals surface area contributed by atoms with Crippen molar-refractivity contribution >= 4 is 19.8 Å². The van der Waals surface area contributed by atoms with Crippen LogP contribution in [0.3, 0.4) is 0 Å². The molecular formula is C43H78NO9P. The number of aliphatic hydroxyl groups is 1. The Balaban J connectivity index is 4.25. The van der Waals surface area contributed by atoms with Crippen LogP contribution in [0.5, 0.6) is 0 Å². The van der Waals surface area contributed by atoms with Gasteiger partial charge >= 0.3 is 19.8 Å². The van der Waals surface area contributed by atoms with Gasteiger partial charge < -0.3 is 25.2 Å². The molecule has 2 unspecified atom stereocenters. The highest BCUT2D eigenvalue weighted by molar-refractivity contribution is 7.47. The highest BCUT2D eigenvalue weighted by Gasteiger charge is 2.26. The average molecular weight is 784 g/mol. The zero-order valence-electron chi connectivity index (χ0n) is 34.1. The molecule has 0 rings (SSSR count). The molecule has 0 fully saturated rings. The van der Waals surface area contributed by atoms with Crippen molar-refractivity contribution in [2.45, 2.75) is 187 Å². The summed E-state index contributed by atoms with van der Waals surface area (Å²) in [5.41, 5.74) is 5.34. The van der Waals surface area contributed by atoms with E-state index in [1.54, 1.807) is 6.08 Å². The average Bonchev–Trinajstić information content (AvgIpc) is 3.15. The normalized spacial score (nSPS) is 14.4. The quantitative estimate of drug-likeness (QED) is 0.0180. The molecule has 11 heteroatoms. The fraction of sp³-hybridized carbons (Fsp3) is 0.767. The molecule has 0 aliphatic carbocycles. The van der Waals surface area contributed by atoms with Crippen LogP contribution in [0.2, 0.25) is 0 Å². The number of hydrogen-bond donors (Lipinski definition) is 3. The van der Waals surface area contributed by atoms with Gasteiger partial charge in [-0.1, -0.05) is 152 Å². The lowest BCUT2D eigenvalue weighted by Gasteiger charge is -2.19. The molecule has 0 aliphatic heterocycles. The Morgan fingerprint density at radius 3 is 1.85 bits per heavy atom. The van der Waals surface area contributed by atoms with Crippen LogP contribution in [0.1, 0.15) is 174 Å². The Kier molecular flexibility index (Phi) is 37.7. The van der Waals surface area contributed by atoms with Gasteiger partial charge in [0.1, 0.15) is 6.61 Å². The first-order valence-electron chi connectivity index (χ1n) is 21.2. The summed E-state index contributed by atoms with van der Waals surface area (Å²) in [4.78, 5) is 34.8. The van der Waals surface area contributed by atoms with Crippen LogP contribution < -0.4 is 5.73 Å². The SMILES string of the molecule is CC/C=C/C/C=C/C=C/C(O)CCCCCCCC(=O)OC[C@H](COP(=O)(O)OCCN)OC(=O)CCCCCCCCC/C=C\CCCCCCCC. The van der Waals surface area contributed by atoms with E-state index in [1.165, 1.54) is 64.2 Å². The molecule has 0 heterocycles. The third-order valence-corrected chi connectivity index (χ3v) is 9.79. The number of carbonyl (C=O) groups excluding carboxylic acids is 2. The van der Waals surface area contributed by atoms with Crippen molar-refractivity contribution in [2.24, 2.45) is 5.73 Å². The number of unbranched alkanes of at least 4 members (excludes halogenated alkanes) is 17. The molecule has 3 atom stereocenters. The zero-order valence-corrected chi connectivity index (χ0v) is 35.0. The van der Waals surface area contributed by atoms with E-state index in [0.29, 0.717) is 19.3 Å². The second kappa shape index (κ2) is 39.2. The smallest absolute Gasteiger partial charge is 0.462 e. The number of phosphoric ester groups is 1. The minimum atomic E-state index is -4.40. The van der Waals surface area contributed by atoms with Gasteiger partial charge in [-0.05, 0) is 57.8 Å². The van der Waals surface area contributed by atoms with Crippen molar-refractivity contribution in [3.8, 4) is 0 Å². The Bertz CT molecular complexity index is 1050. The van der Waals surface area contributed by atoms with Gasteiger partial charge in [0.15, 0.2) is 6.10 Å². The number of allylic oxidation sites excluding steroid dienone is 7. The summed E-state index contributed by atoms with van der Waals surface area (Å²) in [6.07, 6.45) is 40.2. The van der Waals surface area contributed by atoms with Crippen molar-refractivity contribution in [3.63, 3.8) is 0 Å². The topological polar surface area (TPSA) is 155 Å². The van der Waals surface area contributed by atoms with Crippen molar-refractivity contribution in [1.82, 2.24) is 0 Å². The fourth-order valence-electron chi connectivity index (χ4n) is 5.64. The molecule has 0 amide bonds. The van der Waals surface area contributed by atoms with Crippen LogP contribution in [-0.2, 0) is 32.7 Å². The number of phosphoric acid groups is 1. The number of nitrogens with two attached hydrogens (primary N) is 1. The highest BCUT2D eigenvalue weighted by atomic mass is 31.2. The fourth-order valence-corrected chi connectivity index (χ4v) is 6.40. The second-order valence-electron chi connectivity index (χ2n) is 14.0. The van der Waals surface area contributed by atoms with Gasteiger partial charge in [-0.2, -0.15) is 0 Å². The summed E-state index contributed by atoms with van der Waals surface area (Å²) in [7, 11) is -4.40. The number of hydrogen-bond acceptors (Lipinski definition) is 9. The van der Waals surface area contributed by atoms with Gasteiger partial charge in [0.2, 0.25) is 0 Å². The Labute approximate surface area is 329 Å². The molecule has 10 nitrogen and oxygen atoms in total. The summed E-state index contributed by atoms with van der Waals surface area (Å²) in [5.74, 6) is -0.912. The van der Waals surface area contributed by atoms with E-state index in [9.17, 15) is 24.2 Å². The predicted octanol–water partition coefficient (Wildman–Crippen LogP) is 10.9. The molecule has 0 bridgehead atoms. The predicted molar refractivity (Wildman–Crippen MR) is 221 cm³/mol. The monoisotopic (exact) mass is 784 g/mol. The number of ether oxygens (including phenoxy) is 2. The molecule has 0 aliphatic rings. The minimum absolute atomic E-state index is 0.0371. The molecule has 0 spiro atoms. The Morgan fingerprint density at radius 2 is 1.24 bits per heavy atom. The first kappa shape index (κ1) is 51.9. The zero-order chi connectivity index (χ0) is 39.8. The first-order valence-corrected chi connectivity index (χ1v) is 22.7. The number of aliphatic hydroxyl groups excluding tert-OH is 1. The van der Waals surface area contributed by atoms with E-state index in [0.717, 1.165) is 64.2 Å². The maximum absolute atomic E-state index is 12.6. The third-order valence-electron chi connectivity index (χ3n) is 8.80. The lowest BCUT2D eigenvalue weighted by Crippen LogP contribution is -2.29. The summed E-state index contributed by atoms with van der Waals surface area (Å²) >= 11 is 0. The maximum Gasteiger partial charge on any atom is 0.472 e. The molecule has 0 aromatic rings. The molecule has 4 N–H and O–H groups in total. The van der Waals surface area contributed by atoms with Crippen molar-refractivity contribution < 1.29 is 42.7 Å². The van der Waals surface area contributed by atoms with Gasteiger partial charge in [0.05, 0.1) is 19.3 Å². The van der Waals surface area contributed by atoms with Crippen LogP contribution in [0.25, 0.3) is 0 Å². The van der Waals surface area contributed by atoms with Crippen LogP contribution in [0.15, 0.2) is 48.6 Å². The van der Waals surface area contributed by atoms with E-state index in [4.69, 9.17) is 24.3 Å². The van der Waals surface area contributed by atoms with E-state index in [2.05, 4.69) is 44.2 Å². The van der Waals surface area contributed by atoms with Crippen LogP contribution in [0, 0.1) is 0 Å². The molecule has 0 saturated carbocycles. The minimum Gasteiger partial charge on any atom is -0.462 e. The first-order chi connectivity index (χ1) is 26.2. The van der Waals surface area contributed by atoms with Gasteiger partial charge in [-0.3, -0.25) is 18.6 Å². The Morgan fingerprint density at radius 1 is 0.667 bits per heavy atom. The van der Waals surface area contributed by atoms with Gasteiger partial charge in [0, 0.05) is 19.4 Å². The third kappa shape index (κ3) is 38.2. The molecular weight excluding hydrogens is 705 g/mol. The van der Waals surface area contributed by atoms with Crippen molar-refractivity contribution in [2.75, 3.05) is 26.4 Å². The van der Waals surface area contributed by atoms with Gasteiger partial charge in [-0.15, -0.1) is 0 Å². The van der Waals surface area contributed by atoms with Gasteiger partial charge in [0.25, 0.3) is 0 Å². The molecule has 54 heavy (non-hydrogen) atoms. The van der Waals surface area contributed by atoms with Crippen LogP contribution in [0.4, 0.5) is 0 Å². The Hall–Kier alpha value is -2.07. The van der Waals surface area contributed by atoms with Gasteiger partial charge in [-0.25, -0.2) is 4.57 Å².